The maximum Gasteiger partial charge on any atom is 0.313 e. The molecule has 8 nitrogen and oxygen atoms in total. The molecule has 1 heterocycles. The summed E-state index contributed by atoms with van der Waals surface area (Å²) in [6.07, 6.45) is 12.0. The fourth-order valence-corrected chi connectivity index (χ4v) is 7.82. The van der Waals surface area contributed by atoms with Crippen LogP contribution in [0.15, 0.2) is 30.6 Å². The summed E-state index contributed by atoms with van der Waals surface area (Å²) < 4.78 is 8.81. The number of esters is 1. The van der Waals surface area contributed by atoms with E-state index < -0.39 is 23.7 Å². The zero-order valence-corrected chi connectivity index (χ0v) is 27.0. The largest absolute Gasteiger partial charge is 0.481 e. The SMILES string of the molecule is CCC[N+](CCC)(CCC)CC(C)CC(CC1CCCC1C(CC(CC)C(N)=O)C(=O)O)C(=O)OC[n+]1ccccc1. The van der Waals surface area contributed by atoms with Crippen LogP contribution in [0.2, 0.25) is 0 Å². The van der Waals surface area contributed by atoms with Crippen molar-refractivity contribution in [3.05, 3.63) is 30.6 Å². The number of pyridine rings is 1. The second-order valence-electron chi connectivity index (χ2n) is 13.0. The molecule has 0 aromatic carbocycles. The van der Waals surface area contributed by atoms with Gasteiger partial charge in [0.1, 0.15) is 0 Å². The van der Waals surface area contributed by atoms with Crippen molar-refractivity contribution in [2.24, 2.45) is 41.2 Å². The Hall–Kier alpha value is -2.48. The van der Waals surface area contributed by atoms with Crippen LogP contribution >= 0.6 is 0 Å². The number of ether oxygens (including phenoxy) is 1. The second-order valence-corrected chi connectivity index (χ2v) is 13.0. The molecule has 6 atom stereocenters. The number of rotatable bonds is 21. The van der Waals surface area contributed by atoms with Crippen molar-refractivity contribution in [3.63, 3.8) is 0 Å². The minimum absolute atomic E-state index is 0.0693. The van der Waals surface area contributed by atoms with Crippen LogP contribution in [0.4, 0.5) is 0 Å². The molecule has 0 saturated heterocycles. The highest BCUT2D eigenvalue weighted by atomic mass is 16.5. The number of hydrogen-bond acceptors (Lipinski definition) is 4. The lowest BCUT2D eigenvalue weighted by Crippen LogP contribution is -2.52. The molecule has 3 N–H and O–H groups in total. The molecule has 1 fully saturated rings. The summed E-state index contributed by atoms with van der Waals surface area (Å²) in [4.78, 5) is 38.1. The fraction of sp³-hybridized carbons (Fsp3) is 0.765. The molecule has 0 radical (unpaired) electrons. The number of hydrogen-bond donors (Lipinski definition) is 2. The van der Waals surface area contributed by atoms with E-state index in [-0.39, 0.29) is 36.9 Å². The Kier molecular flexibility index (Phi) is 15.5. The van der Waals surface area contributed by atoms with Crippen LogP contribution in [0.3, 0.4) is 0 Å². The maximum absolute atomic E-state index is 13.7. The van der Waals surface area contributed by atoms with Gasteiger partial charge in [0.15, 0.2) is 12.4 Å². The Morgan fingerprint density at radius 2 is 1.57 bits per heavy atom. The van der Waals surface area contributed by atoms with Gasteiger partial charge in [-0.3, -0.25) is 14.4 Å². The molecule has 2 rings (SSSR count). The lowest BCUT2D eigenvalue weighted by molar-refractivity contribution is -0.931. The predicted octanol–water partition coefficient (Wildman–Crippen LogP) is 5.57. The summed E-state index contributed by atoms with van der Waals surface area (Å²) in [6, 6.07) is 5.74. The molecule has 1 amide bonds. The van der Waals surface area contributed by atoms with E-state index in [1.54, 1.807) is 0 Å². The van der Waals surface area contributed by atoms with E-state index in [0.717, 1.165) is 75.6 Å². The monoisotopic (exact) mass is 589 g/mol. The number of aromatic nitrogens is 1. The van der Waals surface area contributed by atoms with E-state index in [2.05, 4.69) is 27.7 Å². The van der Waals surface area contributed by atoms with Crippen LogP contribution in [0.1, 0.15) is 98.8 Å². The van der Waals surface area contributed by atoms with Crippen LogP contribution in [-0.2, 0) is 25.9 Å². The van der Waals surface area contributed by atoms with Gasteiger partial charge in [-0.15, -0.1) is 0 Å². The van der Waals surface area contributed by atoms with Gasteiger partial charge in [0, 0.05) is 24.0 Å². The minimum atomic E-state index is -0.861. The highest BCUT2D eigenvalue weighted by molar-refractivity contribution is 5.78. The van der Waals surface area contributed by atoms with Gasteiger partial charge in [0.05, 0.1) is 38.0 Å². The van der Waals surface area contributed by atoms with Crippen LogP contribution in [-0.4, -0.2) is 53.6 Å². The molecule has 0 spiro atoms. The molecule has 0 bridgehead atoms. The molecule has 1 aliphatic carbocycles. The van der Waals surface area contributed by atoms with E-state index in [0.29, 0.717) is 18.8 Å². The standard InChI is InChI=1S/C34H57N3O5/c1-6-18-37(19-7-2,20-8-3)24-26(5)21-29(34(41)42-25-36-16-11-10-12-17-36)22-28-14-13-15-30(28)31(33(39)40)23-27(9-4)32(35)38/h10-12,16-17,26-31H,6-9,13-15,18-25H2,1-5H3,(H-2,35,38,39,40)/p+2. The van der Waals surface area contributed by atoms with Crippen molar-refractivity contribution in [3.8, 4) is 0 Å². The molecule has 1 aliphatic rings. The van der Waals surface area contributed by atoms with Gasteiger partial charge in [0.25, 0.3) is 6.73 Å². The van der Waals surface area contributed by atoms with E-state index in [4.69, 9.17) is 10.5 Å². The highest BCUT2D eigenvalue weighted by Crippen LogP contribution is 2.44. The number of aliphatic carboxylic acids is 1. The zero-order chi connectivity index (χ0) is 31.1. The Morgan fingerprint density at radius 3 is 2.10 bits per heavy atom. The number of amides is 1. The Labute approximate surface area is 254 Å². The topological polar surface area (TPSA) is 111 Å². The van der Waals surface area contributed by atoms with E-state index in [9.17, 15) is 19.5 Å². The van der Waals surface area contributed by atoms with Crippen LogP contribution in [0.25, 0.3) is 0 Å². The van der Waals surface area contributed by atoms with E-state index >= 15 is 0 Å². The third-order valence-electron chi connectivity index (χ3n) is 9.52. The number of carboxylic acids is 1. The summed E-state index contributed by atoms with van der Waals surface area (Å²) in [5.74, 6) is -2.50. The zero-order valence-electron chi connectivity index (χ0n) is 27.0. The van der Waals surface area contributed by atoms with E-state index in [1.807, 2.05) is 42.1 Å². The number of nitrogens with two attached hydrogens (primary N) is 1. The molecule has 238 valence electrons. The number of carboxylic acid groups (broad SMARTS) is 1. The van der Waals surface area contributed by atoms with E-state index in [1.165, 1.54) is 0 Å². The van der Waals surface area contributed by atoms with Gasteiger partial charge in [-0.2, -0.15) is 4.57 Å². The molecule has 1 saturated carbocycles. The summed E-state index contributed by atoms with van der Waals surface area (Å²) in [5, 5.41) is 10.2. The number of primary amides is 1. The average Bonchev–Trinajstić information content (AvgIpc) is 3.40. The van der Waals surface area contributed by atoms with Crippen molar-refractivity contribution in [2.75, 3.05) is 26.2 Å². The van der Waals surface area contributed by atoms with Crippen LogP contribution in [0.5, 0.6) is 0 Å². The van der Waals surface area contributed by atoms with Gasteiger partial charge in [-0.25, -0.2) is 0 Å². The average molecular weight is 590 g/mol. The molecule has 1 aromatic heterocycles. The van der Waals surface area contributed by atoms with Crippen LogP contribution < -0.4 is 10.3 Å². The lowest BCUT2D eigenvalue weighted by atomic mass is 9.74. The number of quaternary nitrogens is 1. The Balaban J connectivity index is 2.27. The quantitative estimate of drug-likeness (QED) is 0.111. The fourth-order valence-electron chi connectivity index (χ4n) is 7.82. The Morgan fingerprint density at radius 1 is 0.952 bits per heavy atom. The Bertz CT molecular complexity index is 939. The summed E-state index contributed by atoms with van der Waals surface area (Å²) in [5.41, 5.74) is 5.60. The lowest BCUT2D eigenvalue weighted by Gasteiger charge is -2.41. The summed E-state index contributed by atoms with van der Waals surface area (Å²) in [6.45, 7) is 15.6. The predicted molar refractivity (Wildman–Crippen MR) is 165 cm³/mol. The first-order chi connectivity index (χ1) is 20.1. The van der Waals surface area contributed by atoms with Crippen molar-refractivity contribution in [2.45, 2.75) is 106 Å². The van der Waals surface area contributed by atoms with Crippen molar-refractivity contribution < 1.29 is 33.3 Å². The number of nitrogens with zero attached hydrogens (tertiary/aromatic N) is 2. The molecular formula is C34H59N3O5+2. The van der Waals surface area contributed by atoms with Gasteiger partial charge >= 0.3 is 11.9 Å². The summed E-state index contributed by atoms with van der Waals surface area (Å²) in [7, 11) is 0. The van der Waals surface area contributed by atoms with Gasteiger partial charge in [-0.05, 0) is 63.2 Å². The van der Waals surface area contributed by atoms with Crippen molar-refractivity contribution in [1.82, 2.24) is 0 Å². The third-order valence-corrected chi connectivity index (χ3v) is 9.52. The first-order valence-corrected chi connectivity index (χ1v) is 16.6. The number of carbonyl (C=O) groups excluding carboxylic acids is 2. The first-order valence-electron chi connectivity index (χ1n) is 16.6. The highest BCUT2D eigenvalue weighted by Gasteiger charge is 2.42. The molecule has 8 heteroatoms. The van der Waals surface area contributed by atoms with Gasteiger partial charge < -0.3 is 20.1 Å². The number of carbonyl (C=O) groups is 3. The maximum atomic E-state index is 13.7. The van der Waals surface area contributed by atoms with Crippen molar-refractivity contribution >= 4 is 17.8 Å². The third kappa shape index (κ3) is 11.0. The van der Waals surface area contributed by atoms with Gasteiger partial charge in [-0.1, -0.05) is 53.5 Å². The molecule has 1 aromatic rings. The smallest absolute Gasteiger partial charge is 0.313 e. The van der Waals surface area contributed by atoms with Crippen LogP contribution in [0, 0.1) is 35.5 Å². The van der Waals surface area contributed by atoms with Gasteiger partial charge in [0.2, 0.25) is 5.91 Å². The molecule has 0 aliphatic heterocycles. The van der Waals surface area contributed by atoms with Crippen molar-refractivity contribution in [1.29, 1.82) is 0 Å². The molecular weight excluding hydrogens is 530 g/mol. The summed E-state index contributed by atoms with van der Waals surface area (Å²) >= 11 is 0. The first kappa shape index (κ1) is 35.7. The molecule has 6 unspecified atom stereocenters. The minimum Gasteiger partial charge on any atom is -0.481 e. The second kappa shape index (κ2) is 18.2. The molecule has 42 heavy (non-hydrogen) atoms. The normalized spacial score (nSPS) is 20.0.